The Labute approximate surface area is 171 Å². The van der Waals surface area contributed by atoms with Gasteiger partial charge < -0.3 is 10.2 Å². The molecular formula is C21H25N3O4S. The maximum Gasteiger partial charge on any atom is 0.247 e. The summed E-state index contributed by atoms with van der Waals surface area (Å²) in [6.07, 6.45) is 1.05. The van der Waals surface area contributed by atoms with E-state index in [1.807, 2.05) is 60.7 Å². The average molecular weight is 416 g/mol. The first kappa shape index (κ1) is 21.0. The molecule has 1 aliphatic rings. The van der Waals surface area contributed by atoms with Crippen molar-refractivity contribution >= 4 is 21.8 Å². The molecule has 7 nitrogen and oxygen atoms in total. The molecule has 1 saturated heterocycles. The first-order valence-corrected chi connectivity index (χ1v) is 11.2. The number of piperazine rings is 1. The Bertz CT molecular complexity index is 980. The number of carbonyl (C=O) groups is 2. The molecule has 0 saturated carbocycles. The van der Waals surface area contributed by atoms with Crippen molar-refractivity contribution < 1.29 is 18.0 Å². The van der Waals surface area contributed by atoms with Gasteiger partial charge in [-0.05, 0) is 18.1 Å². The fourth-order valence-corrected chi connectivity index (χ4v) is 4.25. The summed E-state index contributed by atoms with van der Waals surface area (Å²) in [5.41, 5.74) is 0.458. The van der Waals surface area contributed by atoms with E-state index in [1.165, 1.54) is 4.90 Å². The van der Waals surface area contributed by atoms with E-state index in [-0.39, 0.29) is 25.5 Å². The van der Waals surface area contributed by atoms with Gasteiger partial charge in [-0.25, -0.2) is 8.42 Å². The van der Waals surface area contributed by atoms with E-state index in [1.54, 1.807) is 6.92 Å². The minimum absolute atomic E-state index is 0.0922. The summed E-state index contributed by atoms with van der Waals surface area (Å²) in [5, 5.41) is 2.86. The zero-order valence-electron chi connectivity index (χ0n) is 16.5. The molecule has 1 heterocycles. The molecule has 0 spiro atoms. The lowest BCUT2D eigenvalue weighted by molar-refractivity contribution is -0.153. The quantitative estimate of drug-likeness (QED) is 0.772. The lowest BCUT2D eigenvalue weighted by Gasteiger charge is -2.46. The zero-order chi connectivity index (χ0) is 21.1. The van der Waals surface area contributed by atoms with Gasteiger partial charge in [-0.15, -0.1) is 0 Å². The molecule has 1 N–H and O–H groups in total. The molecule has 8 heteroatoms. The highest BCUT2D eigenvalue weighted by atomic mass is 32.2. The molecule has 2 aromatic carbocycles. The van der Waals surface area contributed by atoms with Crippen LogP contribution in [0, 0.1) is 0 Å². The van der Waals surface area contributed by atoms with Crippen molar-refractivity contribution in [1.29, 1.82) is 0 Å². The van der Waals surface area contributed by atoms with E-state index in [0.717, 1.165) is 21.7 Å². The van der Waals surface area contributed by atoms with Crippen LogP contribution in [0.2, 0.25) is 0 Å². The van der Waals surface area contributed by atoms with Crippen molar-refractivity contribution in [1.82, 2.24) is 14.5 Å². The highest BCUT2D eigenvalue weighted by Gasteiger charge is 2.49. The summed E-state index contributed by atoms with van der Waals surface area (Å²) in [4.78, 5) is 27.6. The number of nitrogens with one attached hydrogen (secondary N) is 1. The smallest absolute Gasteiger partial charge is 0.247 e. The van der Waals surface area contributed by atoms with Crippen molar-refractivity contribution in [3.05, 3.63) is 71.8 Å². The van der Waals surface area contributed by atoms with Crippen molar-refractivity contribution in [3.8, 4) is 0 Å². The highest BCUT2D eigenvalue weighted by Crippen LogP contribution is 2.27. The van der Waals surface area contributed by atoms with Gasteiger partial charge >= 0.3 is 0 Å². The Hall–Kier alpha value is -2.71. The van der Waals surface area contributed by atoms with Gasteiger partial charge in [0.1, 0.15) is 5.54 Å². The number of hydrogen-bond donors (Lipinski definition) is 1. The number of rotatable bonds is 6. The molecule has 1 fully saturated rings. The summed E-state index contributed by atoms with van der Waals surface area (Å²) in [6, 6.07) is 18.8. The number of nitrogens with zero attached hydrogens (tertiary/aromatic N) is 2. The Kier molecular flexibility index (Phi) is 6.04. The van der Waals surface area contributed by atoms with Crippen molar-refractivity contribution in [2.45, 2.75) is 25.6 Å². The predicted molar refractivity (Wildman–Crippen MR) is 110 cm³/mol. The van der Waals surface area contributed by atoms with Gasteiger partial charge in [-0.1, -0.05) is 60.7 Å². The van der Waals surface area contributed by atoms with E-state index < -0.39 is 21.5 Å². The first-order valence-electron chi connectivity index (χ1n) is 9.32. The summed E-state index contributed by atoms with van der Waals surface area (Å²) < 4.78 is 25.3. The molecule has 0 radical (unpaired) electrons. The highest BCUT2D eigenvalue weighted by molar-refractivity contribution is 7.88. The minimum atomic E-state index is -3.62. The Morgan fingerprint density at radius 2 is 1.59 bits per heavy atom. The molecule has 0 unspecified atom stereocenters. The van der Waals surface area contributed by atoms with Gasteiger partial charge in [0.15, 0.2) is 0 Å². The standard InChI is InChI=1S/C21H25N3O4S/c1-21(20(26)22-13-17-9-5-3-6-10-17)16-23(29(2,27)28)15-19(25)24(21)14-18-11-7-4-8-12-18/h3-12H,13-16H2,1-2H3,(H,22,26)/t21-/m1/s1. The molecular weight excluding hydrogens is 390 g/mol. The van der Waals surface area contributed by atoms with Gasteiger partial charge in [0.05, 0.1) is 12.8 Å². The van der Waals surface area contributed by atoms with Crippen LogP contribution < -0.4 is 5.32 Å². The van der Waals surface area contributed by atoms with Crippen LogP contribution in [0.15, 0.2) is 60.7 Å². The van der Waals surface area contributed by atoms with Gasteiger partial charge in [0.2, 0.25) is 21.8 Å². The van der Waals surface area contributed by atoms with Crippen LogP contribution in [0.3, 0.4) is 0 Å². The van der Waals surface area contributed by atoms with Crippen molar-refractivity contribution in [2.24, 2.45) is 0 Å². The van der Waals surface area contributed by atoms with Gasteiger partial charge in [-0.2, -0.15) is 4.31 Å². The molecule has 3 rings (SSSR count). The van der Waals surface area contributed by atoms with E-state index in [4.69, 9.17) is 0 Å². The molecule has 2 aromatic rings. The average Bonchev–Trinajstić information content (AvgIpc) is 2.69. The number of sulfonamides is 1. The normalized spacial score (nSPS) is 20.5. The van der Waals surface area contributed by atoms with Crippen LogP contribution >= 0.6 is 0 Å². The third kappa shape index (κ3) is 4.83. The molecule has 2 amide bonds. The SMILES string of the molecule is C[C@]1(C(=O)NCc2ccccc2)CN(S(C)(=O)=O)CC(=O)N1Cc1ccccc1. The first-order chi connectivity index (χ1) is 13.7. The minimum Gasteiger partial charge on any atom is -0.350 e. The maximum atomic E-state index is 13.2. The molecule has 0 bridgehead atoms. The van der Waals surface area contributed by atoms with Crippen LogP contribution in [0.25, 0.3) is 0 Å². The molecule has 1 aliphatic heterocycles. The summed E-state index contributed by atoms with van der Waals surface area (Å²) in [7, 11) is -3.62. The maximum absolute atomic E-state index is 13.2. The second-order valence-corrected chi connectivity index (χ2v) is 9.42. The second kappa shape index (κ2) is 8.34. The monoisotopic (exact) mass is 415 g/mol. The number of carbonyl (C=O) groups excluding carboxylic acids is 2. The number of hydrogen-bond acceptors (Lipinski definition) is 4. The van der Waals surface area contributed by atoms with Crippen LogP contribution in [0.1, 0.15) is 18.1 Å². The largest absolute Gasteiger partial charge is 0.350 e. The summed E-state index contributed by atoms with van der Waals surface area (Å²) in [6.45, 7) is 1.78. The van der Waals surface area contributed by atoms with Crippen LogP contribution in [-0.4, -0.2) is 54.3 Å². The Morgan fingerprint density at radius 3 is 2.14 bits per heavy atom. The number of benzene rings is 2. The number of amides is 2. The van der Waals surface area contributed by atoms with Gasteiger partial charge in [-0.3, -0.25) is 9.59 Å². The molecule has 29 heavy (non-hydrogen) atoms. The summed E-state index contributed by atoms with van der Waals surface area (Å²) in [5.74, 6) is -0.790. The fraction of sp³-hybridized carbons (Fsp3) is 0.333. The van der Waals surface area contributed by atoms with Crippen LogP contribution in [0.4, 0.5) is 0 Å². The van der Waals surface area contributed by atoms with Crippen LogP contribution in [0.5, 0.6) is 0 Å². The van der Waals surface area contributed by atoms with E-state index in [0.29, 0.717) is 6.54 Å². The summed E-state index contributed by atoms with van der Waals surface area (Å²) >= 11 is 0. The molecule has 1 atom stereocenters. The lowest BCUT2D eigenvalue weighted by Crippen LogP contribution is -2.69. The topological polar surface area (TPSA) is 86.8 Å². The van der Waals surface area contributed by atoms with Crippen molar-refractivity contribution in [2.75, 3.05) is 19.3 Å². The van der Waals surface area contributed by atoms with Gasteiger partial charge in [0.25, 0.3) is 0 Å². The predicted octanol–water partition coefficient (Wildman–Crippen LogP) is 1.37. The Balaban J connectivity index is 1.88. The lowest BCUT2D eigenvalue weighted by atomic mass is 9.94. The fourth-order valence-electron chi connectivity index (χ4n) is 3.42. The third-order valence-corrected chi connectivity index (χ3v) is 6.33. The van der Waals surface area contributed by atoms with Gasteiger partial charge in [0, 0.05) is 19.6 Å². The van der Waals surface area contributed by atoms with E-state index in [2.05, 4.69) is 5.32 Å². The van der Waals surface area contributed by atoms with Crippen LogP contribution in [-0.2, 0) is 32.7 Å². The van der Waals surface area contributed by atoms with E-state index >= 15 is 0 Å². The molecule has 0 aliphatic carbocycles. The Morgan fingerprint density at radius 1 is 1.03 bits per heavy atom. The third-order valence-electron chi connectivity index (χ3n) is 5.13. The van der Waals surface area contributed by atoms with E-state index in [9.17, 15) is 18.0 Å². The molecule has 0 aromatic heterocycles. The van der Waals surface area contributed by atoms with Crippen molar-refractivity contribution in [3.63, 3.8) is 0 Å². The molecule has 154 valence electrons. The second-order valence-electron chi connectivity index (χ2n) is 7.44. The zero-order valence-corrected chi connectivity index (χ0v) is 17.4.